The predicted octanol–water partition coefficient (Wildman–Crippen LogP) is 7.98. The number of esters is 6. The summed E-state index contributed by atoms with van der Waals surface area (Å²) in [5, 5.41) is 16.1. The summed E-state index contributed by atoms with van der Waals surface area (Å²) in [7, 11) is -16.8. The molecule has 0 radical (unpaired) electrons. The molecular formula is C84H154N6O34RfSi8-2. The molecule has 4 unspecified atom stereocenters. The van der Waals surface area contributed by atoms with Crippen molar-refractivity contribution in [1.29, 1.82) is 0 Å². The van der Waals surface area contributed by atoms with E-state index in [1.807, 2.05) is 58.9 Å². The zero-order valence-corrected chi connectivity index (χ0v) is 95.0. The van der Waals surface area contributed by atoms with Gasteiger partial charge in [0.1, 0.15) is 39.6 Å². The van der Waals surface area contributed by atoms with Crippen LogP contribution in [-0.2, 0) is 157 Å². The molecule has 2 heterocycles. The van der Waals surface area contributed by atoms with Gasteiger partial charge in [-0.1, -0.05) is 52.8 Å². The Kier molecular flexibility index (Phi) is 72.0. The molecule has 0 aliphatic carbocycles. The molecule has 0 saturated carbocycles. The second-order valence-electron chi connectivity index (χ2n) is 31.6. The molecular weight excluding hydrogens is 2130 g/mol. The van der Waals surface area contributed by atoms with Crippen molar-refractivity contribution in [3.63, 3.8) is 0 Å². The molecule has 0 aromatic carbocycles. The van der Waals surface area contributed by atoms with Gasteiger partial charge in [-0.2, -0.15) is 0 Å². The quantitative estimate of drug-likeness (QED) is 0.00838. The monoisotopic (exact) mass is 2280 g/mol. The van der Waals surface area contributed by atoms with Crippen LogP contribution in [0.5, 0.6) is 0 Å². The number of carbonyl (C=O) groups is 12. The summed E-state index contributed by atoms with van der Waals surface area (Å²) in [6.07, 6.45) is 13.9. The second-order valence-corrected chi connectivity index (χ2v) is 60.3. The maximum Gasteiger partial charge on any atom is 0.330 e. The van der Waals surface area contributed by atoms with Gasteiger partial charge in [-0.05, 0) is 153 Å². The van der Waals surface area contributed by atoms with E-state index in [9.17, 15) is 57.5 Å². The fraction of sp³-hybridized carbons (Fsp3) is 0.690. The molecule has 133 heavy (non-hydrogen) atoms. The van der Waals surface area contributed by atoms with Gasteiger partial charge in [-0.3, -0.25) is 28.8 Å². The normalized spacial score (nSPS) is 20.6. The van der Waals surface area contributed by atoms with Crippen LogP contribution >= 0.6 is 0 Å². The Balaban J connectivity index is 0. The van der Waals surface area contributed by atoms with Crippen LogP contribution in [0.15, 0.2) is 75.9 Å². The first-order valence-electron chi connectivity index (χ1n) is 44.9. The molecule has 40 nitrogen and oxygen atoms in total. The molecule has 0 aromatic heterocycles. The van der Waals surface area contributed by atoms with Gasteiger partial charge in [-0.15, -0.1) is 0 Å². The Morgan fingerprint density at radius 1 is 0.248 bits per heavy atom. The van der Waals surface area contributed by atoms with Crippen molar-refractivity contribution in [1.82, 2.24) is 31.9 Å². The minimum absolute atomic E-state index is 0. The third-order valence-electron chi connectivity index (χ3n) is 18.4. The Morgan fingerprint density at radius 2 is 0.406 bits per heavy atom. The van der Waals surface area contributed by atoms with Gasteiger partial charge in [0.15, 0.2) is 0 Å². The van der Waals surface area contributed by atoms with Crippen LogP contribution in [0.4, 0.5) is 0 Å². The number of hydrogen-bond acceptors (Lipinski definition) is 34. The Hall–Kier alpha value is -7.82. The minimum Gasteiger partial charge on any atom is -0.555 e. The van der Waals surface area contributed by atoms with Gasteiger partial charge < -0.3 is 131 Å². The van der Waals surface area contributed by atoms with Crippen molar-refractivity contribution in [2.45, 2.75) is 204 Å². The van der Waals surface area contributed by atoms with Crippen LogP contribution in [0.1, 0.15) is 103 Å². The number of ether oxygens (including phenoxy) is 14. The second kappa shape index (κ2) is 75.3. The summed E-state index contributed by atoms with van der Waals surface area (Å²) in [4.78, 5) is 140. The summed E-state index contributed by atoms with van der Waals surface area (Å²) >= 11 is 0. The maximum absolute atomic E-state index is 12.2. The molecule has 49 heteroatoms. The minimum atomic E-state index is -3.05. The summed E-state index contributed by atoms with van der Waals surface area (Å²) in [6.45, 7) is 46.5. The number of amides is 6. The predicted molar refractivity (Wildman–Crippen MR) is 509 cm³/mol. The van der Waals surface area contributed by atoms with Crippen molar-refractivity contribution >= 4 is 140 Å². The van der Waals surface area contributed by atoms with Crippen molar-refractivity contribution < 1.29 is 157 Å². The standard InChI is InChI=1S/C41H74N3O17Si4.C38H69N3O16Si4.C5H11O.Rf/c1-9-39(48)55-29-19-42-36(45)16-26-52-23-13-33-63(6)58-62(5,32-12-22-51-4)59-64(7,34-14-24-53-27-17-37(46)43-20-30-56-40(49)10-2)61-65(8,60-63)35-15-25-54-28-18-38(47)44-21-31-57-41(50)11-3;1-9-36(45)51-27-18-39-33(42)15-24-48-21-12-30-59(6)54-58(4,5)55-60(7,31-13-22-49-25-16-34(43)40-19-28-52-37(46)10-2)57-61(8,56-59)32-14-23-50-26-17-35(44)41-20-29-53-38(47)11-3;1-3-4-5-6-2;/h9-11H,1-4,12-35H2,5-8H3,(H,42,45)(H,43,46)(H,44,47);9-11H,1-3,12-32H2,4-8H3,(H,39,42)(H,40,43)(H,41,44);2-5H2,1H3;/q-1;;-1;. The Morgan fingerprint density at radius 3 is 0.556 bits per heavy atom. The smallest absolute Gasteiger partial charge is 0.330 e. The Labute approximate surface area is 790 Å². The molecule has 0 bridgehead atoms. The molecule has 6 amide bonds. The molecule has 2 fully saturated rings. The SMILES string of the molecule is C=CC(=O)OCCNC(=O)CCOCCC[Si]1(C)O[Si](C)(C)O[Si](C)(CCCOCCC(=O)NCCOC(=O)C=C)O[Si](C)(CCCOCCC(=O)NCCOC(=O)C=C)O1.C=CC(=O)OCCNC(=O)CCOCCC[Si]1(C)O[Si](C)(CCCO[CH2-])O[Si](C)(CCCOCCC(=O)NCCOC(=O)C=C)O[Si](C)(CCCOCCC(=O)NCCOC(=O)C=C)O1.[CH2-]OCCCC.[Rf]. The first kappa shape index (κ1) is 127. The van der Waals surface area contributed by atoms with E-state index in [1.54, 1.807) is 0 Å². The molecule has 2 aliphatic rings. The molecule has 6 N–H and O–H groups in total. The van der Waals surface area contributed by atoms with E-state index in [2.05, 4.69) is 97.3 Å². The van der Waals surface area contributed by atoms with Crippen molar-refractivity contribution in [2.24, 2.45) is 0 Å². The van der Waals surface area contributed by atoms with Gasteiger partial charge in [0.25, 0.3) is 0 Å². The van der Waals surface area contributed by atoms with Gasteiger partial charge in [0.2, 0.25) is 35.4 Å². The zero-order chi connectivity index (χ0) is 98.9. The average Bonchev–Trinajstić information content (AvgIpc) is 0.774. The van der Waals surface area contributed by atoms with Crippen LogP contribution in [-0.4, -0.2) is 311 Å². The van der Waals surface area contributed by atoms with E-state index in [0.717, 1.165) is 49.5 Å². The zero-order valence-electron chi connectivity index (χ0n) is 80.6. The molecule has 0 aromatic rings. The van der Waals surface area contributed by atoms with Crippen LogP contribution in [0, 0.1) is 14.2 Å². The molecule has 2 saturated heterocycles. The average molecular weight is 2280 g/mol. The van der Waals surface area contributed by atoms with E-state index in [1.165, 1.54) is 6.42 Å². The van der Waals surface area contributed by atoms with E-state index in [4.69, 9.17) is 94.5 Å². The van der Waals surface area contributed by atoms with Crippen molar-refractivity contribution in [3.8, 4) is 0 Å². The first-order chi connectivity index (χ1) is 62.7. The van der Waals surface area contributed by atoms with Crippen molar-refractivity contribution in [3.05, 3.63) is 90.1 Å². The summed E-state index contributed by atoms with van der Waals surface area (Å²) < 4.78 is 130. The number of nitrogens with one attached hydrogen (secondary N) is 6. The summed E-state index contributed by atoms with van der Waals surface area (Å²) in [6, 6.07) is 4.15. The Bertz CT molecular complexity index is 3290. The van der Waals surface area contributed by atoms with Crippen molar-refractivity contribution in [2.75, 3.05) is 171 Å². The number of rotatable bonds is 73. The fourth-order valence-electron chi connectivity index (χ4n) is 12.9. The van der Waals surface area contributed by atoms with Crippen LogP contribution in [0.3, 0.4) is 0 Å². The third kappa shape index (κ3) is 69.6. The molecule has 0 spiro atoms. The fourth-order valence-corrected chi connectivity index (χ4v) is 58.7. The van der Waals surface area contributed by atoms with Gasteiger partial charge in [0.05, 0.1) is 78.9 Å². The third-order valence-corrected chi connectivity index (χ3v) is 55.4. The molecule has 4 atom stereocenters. The number of hydrogen-bond donors (Lipinski definition) is 6. The summed E-state index contributed by atoms with van der Waals surface area (Å²) in [5.74, 6) is -4.66. The van der Waals surface area contributed by atoms with Gasteiger partial charge in [-0.25, -0.2) is 43.0 Å². The van der Waals surface area contributed by atoms with Crippen LogP contribution in [0.2, 0.25) is 101 Å². The van der Waals surface area contributed by atoms with Gasteiger partial charge in [0, 0.05) is 128 Å². The maximum atomic E-state index is 12.2. The van der Waals surface area contributed by atoms with Gasteiger partial charge >= 0.3 is 104 Å². The van der Waals surface area contributed by atoms with E-state index >= 15 is 0 Å². The van der Waals surface area contributed by atoms with Crippen LogP contribution < -0.4 is 31.9 Å². The molecule has 2 rings (SSSR count). The largest absolute Gasteiger partial charge is 0.555 e. The molecule has 760 valence electrons. The topological polar surface area (TPSA) is 480 Å². The van der Waals surface area contributed by atoms with Crippen LogP contribution in [0.25, 0.3) is 0 Å². The number of carbonyl (C=O) groups excluding carboxylic acids is 12. The van der Waals surface area contributed by atoms with E-state index in [0.29, 0.717) is 134 Å². The first-order valence-corrected chi connectivity index (χ1v) is 65.4. The number of unbranched alkanes of at least 4 members (excludes halogenated alkanes) is 1. The van der Waals surface area contributed by atoms with E-state index in [-0.39, 0.29) is 193 Å². The van der Waals surface area contributed by atoms with E-state index < -0.39 is 104 Å². The molecule has 2 aliphatic heterocycles. The summed E-state index contributed by atoms with van der Waals surface area (Å²) in [5.41, 5.74) is 0.